The van der Waals surface area contributed by atoms with Gasteiger partial charge >= 0.3 is 0 Å². The number of sulfonamides is 1. The summed E-state index contributed by atoms with van der Waals surface area (Å²) in [5, 5.41) is 1.67. The van der Waals surface area contributed by atoms with Crippen LogP contribution in [0.2, 0.25) is 0 Å². The molecular weight excluding hydrogens is 344 g/mol. The number of fused-ring (bicyclic) bond motifs is 1. The quantitative estimate of drug-likeness (QED) is 0.669. The molecule has 3 aromatic rings. The van der Waals surface area contributed by atoms with Crippen LogP contribution in [0.4, 0.5) is 11.4 Å². The van der Waals surface area contributed by atoms with Gasteiger partial charge in [0.2, 0.25) is 0 Å². The zero-order valence-corrected chi connectivity index (χ0v) is 16.4. The molecule has 0 fully saturated rings. The van der Waals surface area contributed by atoms with E-state index in [9.17, 15) is 8.42 Å². The van der Waals surface area contributed by atoms with Gasteiger partial charge in [-0.05, 0) is 43.7 Å². The molecule has 0 aliphatic carbocycles. The highest BCUT2D eigenvalue weighted by Gasteiger charge is 2.26. The molecule has 0 bridgehead atoms. The molecule has 0 amide bonds. The van der Waals surface area contributed by atoms with Gasteiger partial charge in [0, 0.05) is 37.1 Å². The van der Waals surface area contributed by atoms with Crippen LogP contribution in [0.15, 0.2) is 65.6 Å². The average molecular weight is 369 g/mol. The van der Waals surface area contributed by atoms with Crippen LogP contribution in [0.5, 0.6) is 0 Å². The number of benzene rings is 3. The van der Waals surface area contributed by atoms with Crippen LogP contribution in [0.25, 0.3) is 10.8 Å². The van der Waals surface area contributed by atoms with Gasteiger partial charge in [-0.2, -0.15) is 0 Å². The van der Waals surface area contributed by atoms with Crippen molar-refractivity contribution in [1.82, 2.24) is 0 Å². The van der Waals surface area contributed by atoms with E-state index in [0.717, 1.165) is 22.0 Å². The normalized spacial score (nSPS) is 11.5. The number of anilines is 2. The highest BCUT2D eigenvalue weighted by Crippen LogP contribution is 2.33. The molecule has 0 unspecified atom stereocenters. The highest BCUT2D eigenvalue weighted by molar-refractivity contribution is 7.93. The van der Waals surface area contributed by atoms with Crippen molar-refractivity contribution in [2.75, 3.05) is 29.8 Å². The second-order valence-corrected chi connectivity index (χ2v) is 8.36. The van der Waals surface area contributed by atoms with Crippen molar-refractivity contribution in [1.29, 1.82) is 0 Å². The smallest absolute Gasteiger partial charge is 0.264 e. The number of nitrogens with zero attached hydrogens (tertiary/aromatic N) is 2. The summed E-state index contributed by atoms with van der Waals surface area (Å²) in [6.45, 7) is 4.19. The third kappa shape index (κ3) is 3.15. The van der Waals surface area contributed by atoms with E-state index in [2.05, 4.69) is 0 Å². The molecule has 4 nitrogen and oxygen atoms in total. The van der Waals surface area contributed by atoms with Gasteiger partial charge in [-0.15, -0.1) is 0 Å². The van der Waals surface area contributed by atoms with Gasteiger partial charge in [-0.25, -0.2) is 8.42 Å². The topological polar surface area (TPSA) is 40.6 Å². The molecule has 0 spiro atoms. The van der Waals surface area contributed by atoms with Crippen LogP contribution < -0.4 is 9.21 Å². The molecule has 136 valence electrons. The van der Waals surface area contributed by atoms with Gasteiger partial charge < -0.3 is 4.90 Å². The molecular formula is C21H24N2O2S. The van der Waals surface area contributed by atoms with E-state index in [4.69, 9.17) is 0 Å². The van der Waals surface area contributed by atoms with Crippen LogP contribution in [-0.2, 0) is 10.0 Å². The molecule has 0 saturated carbocycles. The molecule has 26 heavy (non-hydrogen) atoms. The van der Waals surface area contributed by atoms with Crippen LogP contribution >= 0.6 is 0 Å². The maximum absolute atomic E-state index is 13.5. The predicted octanol–water partition coefficient (Wildman–Crippen LogP) is 4.43. The summed E-state index contributed by atoms with van der Waals surface area (Å²) in [6, 6.07) is 18.8. The number of hydrogen-bond acceptors (Lipinski definition) is 3. The molecule has 0 radical (unpaired) electrons. The molecule has 0 aliphatic heterocycles. The first kappa shape index (κ1) is 18.3. The third-order valence-electron chi connectivity index (χ3n) is 4.49. The van der Waals surface area contributed by atoms with Gasteiger partial charge in [-0.3, -0.25) is 4.31 Å². The summed E-state index contributed by atoms with van der Waals surface area (Å²) in [5.41, 5.74) is 2.72. The van der Waals surface area contributed by atoms with Crippen molar-refractivity contribution < 1.29 is 8.42 Å². The Bertz CT molecular complexity index is 1040. The summed E-state index contributed by atoms with van der Waals surface area (Å²) >= 11 is 0. The van der Waals surface area contributed by atoms with E-state index in [0.29, 0.717) is 17.1 Å². The molecule has 0 atom stereocenters. The monoisotopic (exact) mass is 368 g/mol. The molecule has 0 N–H and O–H groups in total. The standard InChI is InChI=1S/C21H24N2O2S/c1-5-23(17-10-6-9-16(2)15-17)26(24,25)21-14-8-11-18-19(21)12-7-13-20(18)22(3)4/h6-15H,5H2,1-4H3. The van der Waals surface area contributed by atoms with Crippen molar-refractivity contribution in [3.8, 4) is 0 Å². The zero-order chi connectivity index (χ0) is 18.9. The maximum Gasteiger partial charge on any atom is 0.264 e. The first-order valence-corrected chi connectivity index (χ1v) is 10.1. The summed E-state index contributed by atoms with van der Waals surface area (Å²) < 4.78 is 28.4. The molecule has 0 saturated heterocycles. The molecule has 0 aliphatic rings. The lowest BCUT2D eigenvalue weighted by atomic mass is 10.1. The Labute approximate surface area is 155 Å². The largest absolute Gasteiger partial charge is 0.377 e. The first-order valence-electron chi connectivity index (χ1n) is 8.64. The second-order valence-electron chi connectivity index (χ2n) is 6.53. The van der Waals surface area contributed by atoms with E-state index in [1.165, 1.54) is 4.31 Å². The minimum atomic E-state index is -3.68. The minimum Gasteiger partial charge on any atom is -0.377 e. The van der Waals surface area contributed by atoms with Crippen molar-refractivity contribution >= 4 is 32.2 Å². The minimum absolute atomic E-state index is 0.335. The lowest BCUT2D eigenvalue weighted by molar-refractivity contribution is 0.593. The number of hydrogen-bond donors (Lipinski definition) is 0. The Hall–Kier alpha value is -2.53. The van der Waals surface area contributed by atoms with Gasteiger partial charge in [-0.1, -0.05) is 36.4 Å². The summed E-state index contributed by atoms with van der Waals surface area (Å²) in [5.74, 6) is 0. The van der Waals surface area contributed by atoms with Crippen molar-refractivity contribution in [3.05, 3.63) is 66.2 Å². The fourth-order valence-corrected chi connectivity index (χ4v) is 4.95. The maximum atomic E-state index is 13.5. The summed E-state index contributed by atoms with van der Waals surface area (Å²) in [6.07, 6.45) is 0. The van der Waals surface area contributed by atoms with E-state index in [1.807, 2.05) is 87.4 Å². The van der Waals surface area contributed by atoms with Crippen LogP contribution in [0, 0.1) is 6.92 Å². The molecule has 0 heterocycles. The SMILES string of the molecule is CCN(c1cccc(C)c1)S(=O)(=O)c1cccc2c(N(C)C)cccc12. The molecule has 3 aromatic carbocycles. The van der Waals surface area contributed by atoms with Crippen LogP contribution in [-0.4, -0.2) is 29.1 Å². The Morgan fingerprint density at radius 1 is 0.885 bits per heavy atom. The molecule has 3 rings (SSSR count). The first-order chi connectivity index (χ1) is 12.4. The predicted molar refractivity (Wildman–Crippen MR) is 110 cm³/mol. The van der Waals surface area contributed by atoms with E-state index in [1.54, 1.807) is 6.07 Å². The zero-order valence-electron chi connectivity index (χ0n) is 15.6. The van der Waals surface area contributed by atoms with Crippen LogP contribution in [0.3, 0.4) is 0 Å². The summed E-state index contributed by atoms with van der Waals surface area (Å²) in [7, 11) is 0.244. The average Bonchev–Trinajstić information content (AvgIpc) is 2.61. The Morgan fingerprint density at radius 2 is 1.54 bits per heavy atom. The lowest BCUT2D eigenvalue weighted by Crippen LogP contribution is -2.31. The third-order valence-corrected chi connectivity index (χ3v) is 6.45. The van der Waals surface area contributed by atoms with Crippen molar-refractivity contribution in [3.63, 3.8) is 0 Å². The van der Waals surface area contributed by atoms with Crippen molar-refractivity contribution in [2.45, 2.75) is 18.7 Å². The van der Waals surface area contributed by atoms with Gasteiger partial charge in [0.1, 0.15) is 0 Å². The Kier molecular flexibility index (Phi) is 4.92. The molecule has 5 heteroatoms. The van der Waals surface area contributed by atoms with Crippen LogP contribution in [0.1, 0.15) is 12.5 Å². The summed E-state index contributed by atoms with van der Waals surface area (Å²) in [4.78, 5) is 2.33. The fourth-order valence-electron chi connectivity index (χ4n) is 3.27. The van der Waals surface area contributed by atoms with E-state index >= 15 is 0 Å². The fraction of sp³-hybridized carbons (Fsp3) is 0.238. The lowest BCUT2D eigenvalue weighted by Gasteiger charge is -2.24. The van der Waals surface area contributed by atoms with Gasteiger partial charge in [0.15, 0.2) is 0 Å². The Balaban J connectivity index is 2.22. The van der Waals surface area contributed by atoms with Gasteiger partial charge in [0.05, 0.1) is 10.6 Å². The number of aryl methyl sites for hydroxylation is 1. The van der Waals surface area contributed by atoms with E-state index < -0.39 is 10.0 Å². The van der Waals surface area contributed by atoms with E-state index in [-0.39, 0.29) is 0 Å². The Morgan fingerprint density at radius 3 is 2.19 bits per heavy atom. The second kappa shape index (κ2) is 7.00. The van der Waals surface area contributed by atoms with Gasteiger partial charge in [0.25, 0.3) is 10.0 Å². The highest BCUT2D eigenvalue weighted by atomic mass is 32.2. The molecule has 0 aromatic heterocycles. The number of rotatable bonds is 5. The van der Waals surface area contributed by atoms with Crippen molar-refractivity contribution in [2.24, 2.45) is 0 Å².